The molecule has 2 heterocycles. The Morgan fingerprint density at radius 3 is 2.70 bits per heavy atom. The fourth-order valence-electron chi connectivity index (χ4n) is 3.10. The number of hydrogen-bond donors (Lipinski definition) is 2. The molecule has 1 aliphatic heterocycles. The summed E-state index contributed by atoms with van der Waals surface area (Å²) in [6.45, 7) is 14.3. The number of nitrogens with zero attached hydrogens (tertiary/aromatic N) is 2. The summed E-state index contributed by atoms with van der Waals surface area (Å²) in [5.74, 6) is 2.48. The molecule has 0 atom stereocenters. The van der Waals surface area contributed by atoms with E-state index in [-0.39, 0.29) is 0 Å². The maximum Gasteiger partial charge on any atom is 0.191 e. The smallest absolute Gasteiger partial charge is 0.191 e. The first-order valence-electron chi connectivity index (χ1n) is 10.4. The van der Waals surface area contributed by atoms with E-state index in [0.29, 0.717) is 18.1 Å². The van der Waals surface area contributed by atoms with Crippen molar-refractivity contribution < 1.29 is 9.15 Å². The first-order valence-corrected chi connectivity index (χ1v) is 10.4. The lowest BCUT2D eigenvalue weighted by Crippen LogP contribution is -2.49. The summed E-state index contributed by atoms with van der Waals surface area (Å²) >= 11 is 0. The number of ether oxygens (including phenoxy) is 1. The van der Waals surface area contributed by atoms with Crippen LogP contribution in [0.2, 0.25) is 0 Å². The van der Waals surface area contributed by atoms with Gasteiger partial charge in [-0.25, -0.2) is 0 Å². The molecule has 0 spiro atoms. The van der Waals surface area contributed by atoms with Crippen molar-refractivity contribution in [2.45, 2.75) is 59.1 Å². The summed E-state index contributed by atoms with van der Waals surface area (Å²) in [5.41, 5.74) is 0. The van der Waals surface area contributed by atoms with Crippen molar-refractivity contribution in [3.05, 3.63) is 24.2 Å². The summed E-state index contributed by atoms with van der Waals surface area (Å²) in [5, 5.41) is 7.10. The number of piperidine rings is 1. The second kappa shape index (κ2) is 12.0. The van der Waals surface area contributed by atoms with Gasteiger partial charge in [-0.15, -0.1) is 0 Å². The Morgan fingerprint density at radius 2 is 2.07 bits per heavy atom. The van der Waals surface area contributed by atoms with Gasteiger partial charge >= 0.3 is 0 Å². The Balaban J connectivity index is 1.73. The number of guanidine groups is 1. The molecule has 1 fully saturated rings. The van der Waals surface area contributed by atoms with Gasteiger partial charge in [0.05, 0.1) is 19.0 Å². The van der Waals surface area contributed by atoms with E-state index >= 15 is 0 Å². The van der Waals surface area contributed by atoms with Gasteiger partial charge in [0.2, 0.25) is 0 Å². The average molecular weight is 379 g/mol. The van der Waals surface area contributed by atoms with Crippen LogP contribution in [-0.4, -0.2) is 62.3 Å². The normalized spacial score (nSPS) is 17.0. The van der Waals surface area contributed by atoms with E-state index in [2.05, 4.69) is 43.2 Å². The molecule has 154 valence electrons. The van der Waals surface area contributed by atoms with Crippen LogP contribution in [0.4, 0.5) is 0 Å². The molecule has 0 radical (unpaired) electrons. The minimum Gasteiger partial charge on any atom is -0.469 e. The van der Waals surface area contributed by atoms with E-state index < -0.39 is 0 Å². The fourth-order valence-corrected chi connectivity index (χ4v) is 3.10. The van der Waals surface area contributed by atoms with Gasteiger partial charge < -0.3 is 24.7 Å². The number of likely N-dealkylation sites (tertiary alicyclic amines) is 1. The van der Waals surface area contributed by atoms with Crippen LogP contribution in [0.25, 0.3) is 0 Å². The Bertz CT molecular complexity index is 520. The maximum absolute atomic E-state index is 5.67. The number of furan rings is 1. The van der Waals surface area contributed by atoms with Crippen molar-refractivity contribution in [3.8, 4) is 0 Å². The van der Waals surface area contributed by atoms with Gasteiger partial charge in [-0.2, -0.15) is 0 Å². The average Bonchev–Trinajstić information content (AvgIpc) is 3.14. The van der Waals surface area contributed by atoms with Crippen molar-refractivity contribution in [2.24, 2.45) is 10.9 Å². The molecule has 0 unspecified atom stereocenters. The van der Waals surface area contributed by atoms with Crippen LogP contribution in [0, 0.1) is 5.92 Å². The topological polar surface area (TPSA) is 62.0 Å². The van der Waals surface area contributed by atoms with Crippen molar-refractivity contribution in [2.75, 3.05) is 39.3 Å². The van der Waals surface area contributed by atoms with Gasteiger partial charge in [0, 0.05) is 45.2 Å². The van der Waals surface area contributed by atoms with Gasteiger partial charge in [-0.3, -0.25) is 4.99 Å². The van der Waals surface area contributed by atoms with E-state index in [4.69, 9.17) is 14.1 Å². The number of rotatable bonds is 10. The van der Waals surface area contributed by atoms with Crippen LogP contribution in [0.15, 0.2) is 27.8 Å². The van der Waals surface area contributed by atoms with Gasteiger partial charge in [0.15, 0.2) is 5.96 Å². The van der Waals surface area contributed by atoms with E-state index in [1.807, 2.05) is 12.1 Å². The number of nitrogens with one attached hydrogen (secondary N) is 2. The quantitative estimate of drug-likeness (QED) is 0.484. The third kappa shape index (κ3) is 9.29. The molecule has 6 nitrogen and oxygen atoms in total. The van der Waals surface area contributed by atoms with Crippen molar-refractivity contribution in [1.82, 2.24) is 15.5 Å². The van der Waals surface area contributed by atoms with Crippen LogP contribution in [-0.2, 0) is 11.2 Å². The highest BCUT2D eigenvalue weighted by atomic mass is 16.5. The van der Waals surface area contributed by atoms with E-state index in [1.54, 1.807) is 6.26 Å². The van der Waals surface area contributed by atoms with Gasteiger partial charge in [-0.1, -0.05) is 13.8 Å². The third-order valence-electron chi connectivity index (χ3n) is 4.65. The Labute approximate surface area is 164 Å². The lowest BCUT2D eigenvalue weighted by atomic mass is 10.1. The second-order valence-corrected chi connectivity index (χ2v) is 8.02. The molecule has 27 heavy (non-hydrogen) atoms. The lowest BCUT2D eigenvalue weighted by molar-refractivity contribution is 0.0532. The lowest BCUT2D eigenvalue weighted by Gasteiger charge is -2.33. The summed E-state index contributed by atoms with van der Waals surface area (Å²) in [6.07, 6.45) is 5.19. The summed E-state index contributed by atoms with van der Waals surface area (Å²) in [6, 6.07) is 4.43. The molecule has 2 N–H and O–H groups in total. The largest absolute Gasteiger partial charge is 0.469 e. The zero-order valence-electron chi connectivity index (χ0n) is 17.5. The molecule has 2 rings (SSSR count). The molecule has 6 heteroatoms. The van der Waals surface area contributed by atoms with Crippen LogP contribution in [0.3, 0.4) is 0 Å². The van der Waals surface area contributed by atoms with Gasteiger partial charge in [0.25, 0.3) is 0 Å². The predicted octanol–water partition coefficient (Wildman–Crippen LogP) is 2.90. The molecular formula is C21H38N4O2. The summed E-state index contributed by atoms with van der Waals surface area (Å²) in [7, 11) is 0. The van der Waals surface area contributed by atoms with Gasteiger partial charge in [-0.05, 0) is 44.7 Å². The second-order valence-electron chi connectivity index (χ2n) is 8.02. The zero-order valence-corrected chi connectivity index (χ0v) is 17.5. The molecular weight excluding hydrogens is 340 g/mol. The third-order valence-corrected chi connectivity index (χ3v) is 4.65. The molecule has 0 bridgehead atoms. The monoisotopic (exact) mass is 378 g/mol. The highest BCUT2D eigenvalue weighted by Crippen LogP contribution is 2.10. The SMILES string of the molecule is CC(C)CN=C(NCCc1ccco1)NC1CCN(CCOC(C)C)CC1. The minimum absolute atomic E-state index is 0.316. The predicted molar refractivity (Wildman–Crippen MR) is 111 cm³/mol. The molecule has 0 saturated carbocycles. The fraction of sp³-hybridized carbons (Fsp3) is 0.762. The molecule has 0 aliphatic carbocycles. The summed E-state index contributed by atoms with van der Waals surface area (Å²) in [4.78, 5) is 7.25. The Hall–Kier alpha value is -1.53. The minimum atomic E-state index is 0.316. The van der Waals surface area contributed by atoms with Crippen LogP contribution in [0.5, 0.6) is 0 Å². The Morgan fingerprint density at radius 1 is 1.30 bits per heavy atom. The van der Waals surface area contributed by atoms with Crippen LogP contribution >= 0.6 is 0 Å². The first-order chi connectivity index (χ1) is 13.0. The molecule has 1 aromatic rings. The highest BCUT2D eigenvalue weighted by Gasteiger charge is 2.20. The zero-order chi connectivity index (χ0) is 19.5. The van der Waals surface area contributed by atoms with E-state index in [1.165, 1.54) is 0 Å². The number of aliphatic imine (C=N–C) groups is 1. The Kier molecular flexibility index (Phi) is 9.70. The summed E-state index contributed by atoms with van der Waals surface area (Å²) < 4.78 is 11.1. The van der Waals surface area contributed by atoms with Crippen molar-refractivity contribution >= 4 is 5.96 Å². The standard InChI is InChI=1S/C21H38N4O2/c1-17(2)16-23-21(22-10-7-20-6-5-14-27-20)24-19-8-11-25(12-9-19)13-15-26-18(3)4/h5-6,14,17-19H,7-13,15-16H2,1-4H3,(H2,22,23,24). The maximum atomic E-state index is 5.67. The molecule has 1 saturated heterocycles. The first kappa shape index (κ1) is 21.8. The van der Waals surface area contributed by atoms with Crippen LogP contribution in [0.1, 0.15) is 46.3 Å². The highest BCUT2D eigenvalue weighted by molar-refractivity contribution is 5.80. The van der Waals surface area contributed by atoms with Gasteiger partial charge in [0.1, 0.15) is 5.76 Å². The molecule has 0 aromatic carbocycles. The van der Waals surface area contributed by atoms with Crippen LogP contribution < -0.4 is 10.6 Å². The molecule has 0 amide bonds. The molecule has 1 aliphatic rings. The van der Waals surface area contributed by atoms with Crippen molar-refractivity contribution in [1.29, 1.82) is 0 Å². The van der Waals surface area contributed by atoms with E-state index in [9.17, 15) is 0 Å². The molecule has 1 aromatic heterocycles. The van der Waals surface area contributed by atoms with E-state index in [0.717, 1.165) is 70.3 Å². The number of hydrogen-bond acceptors (Lipinski definition) is 4. The van der Waals surface area contributed by atoms with Crippen molar-refractivity contribution in [3.63, 3.8) is 0 Å².